The van der Waals surface area contributed by atoms with E-state index in [0.717, 1.165) is 0 Å². The molecule has 4 aromatic heterocycles. The van der Waals surface area contributed by atoms with Crippen molar-refractivity contribution < 1.29 is 17.6 Å². The minimum Gasteiger partial charge on any atom is -0.305 e. The van der Waals surface area contributed by atoms with Crippen LogP contribution in [0.15, 0.2) is 30.6 Å². The summed E-state index contributed by atoms with van der Waals surface area (Å²) in [4.78, 5) is 6.79. The second kappa shape index (κ2) is 3.87. The number of hydrogen-bond donors (Lipinski definition) is 0. The van der Waals surface area contributed by atoms with E-state index in [4.69, 9.17) is 0 Å². The molecule has 0 unspecified atom stereocenters. The Morgan fingerprint density at radius 2 is 1.22 bits per heavy atom. The Morgan fingerprint density at radius 3 is 1.70 bits per heavy atom. The van der Waals surface area contributed by atoms with Crippen molar-refractivity contribution in [3.8, 4) is 0 Å². The highest BCUT2D eigenvalue weighted by Gasteiger charge is 2.24. The molecule has 0 atom stereocenters. The lowest BCUT2D eigenvalue weighted by atomic mass is 10.1. The quantitative estimate of drug-likeness (QED) is 0.317. The number of nitrogens with zero attached hydrogens (tertiary/aromatic N) is 3. The van der Waals surface area contributed by atoms with E-state index in [1.807, 2.05) is 0 Å². The minimum absolute atomic E-state index is 0.0599. The number of benzene rings is 1. The van der Waals surface area contributed by atoms with Gasteiger partial charge in [-0.2, -0.15) is 8.78 Å². The van der Waals surface area contributed by atoms with Crippen molar-refractivity contribution in [1.82, 2.24) is 14.4 Å². The Hall–Kier alpha value is -2.96. The largest absolute Gasteiger partial charge is 0.305 e. The molecule has 0 spiro atoms. The van der Waals surface area contributed by atoms with Gasteiger partial charge in [0.25, 0.3) is 0 Å². The Kier molecular flexibility index (Phi) is 2.11. The molecular weight excluding hydrogens is 310 g/mol. The molecule has 4 heterocycles. The zero-order valence-electron chi connectivity index (χ0n) is 11.2. The van der Waals surface area contributed by atoms with E-state index in [0.29, 0.717) is 16.3 Å². The predicted molar refractivity (Wildman–Crippen MR) is 76.5 cm³/mol. The molecule has 0 amide bonds. The highest BCUT2D eigenvalue weighted by atomic mass is 19.2. The smallest absolute Gasteiger partial charge is 0.249 e. The summed E-state index contributed by atoms with van der Waals surface area (Å²) in [6.07, 6.45) is 2.35. The maximum absolute atomic E-state index is 14.2. The number of rotatable bonds is 0. The monoisotopic (exact) mass is 315 g/mol. The van der Waals surface area contributed by atoms with E-state index in [1.165, 1.54) is 16.8 Å². The van der Waals surface area contributed by atoms with Crippen LogP contribution in [0, 0.1) is 23.5 Å². The molecule has 0 N–H and O–H groups in total. The molecule has 5 rings (SSSR count). The summed E-state index contributed by atoms with van der Waals surface area (Å²) in [5, 5.41) is 0.939. The Balaban J connectivity index is 2.24. The maximum atomic E-state index is 14.2. The predicted octanol–water partition coefficient (Wildman–Crippen LogP) is 4.18. The fourth-order valence-corrected chi connectivity index (χ4v) is 3.32. The number of hydrogen-bond acceptors (Lipinski definition) is 2. The topological polar surface area (TPSA) is 30.2 Å². The molecule has 0 saturated carbocycles. The van der Waals surface area contributed by atoms with E-state index in [2.05, 4.69) is 9.97 Å². The van der Waals surface area contributed by atoms with Crippen LogP contribution < -0.4 is 0 Å². The lowest BCUT2D eigenvalue weighted by Gasteiger charge is -1.99. The van der Waals surface area contributed by atoms with Crippen LogP contribution in [-0.4, -0.2) is 14.4 Å². The van der Waals surface area contributed by atoms with Crippen LogP contribution in [0.5, 0.6) is 0 Å². The molecule has 3 nitrogen and oxygen atoms in total. The molecule has 1 aromatic carbocycles. The number of aromatic nitrogens is 3. The van der Waals surface area contributed by atoms with Gasteiger partial charge in [-0.1, -0.05) is 18.2 Å². The first kappa shape index (κ1) is 12.6. The van der Waals surface area contributed by atoms with E-state index >= 15 is 0 Å². The van der Waals surface area contributed by atoms with Gasteiger partial charge in [-0.15, -0.1) is 0 Å². The van der Waals surface area contributed by atoms with Crippen LogP contribution in [0.1, 0.15) is 0 Å². The van der Waals surface area contributed by atoms with Gasteiger partial charge in [0.2, 0.25) is 11.9 Å². The summed E-state index contributed by atoms with van der Waals surface area (Å²) >= 11 is 0. The number of halogens is 4. The van der Waals surface area contributed by atoms with Crippen molar-refractivity contribution in [2.24, 2.45) is 0 Å². The van der Waals surface area contributed by atoms with Crippen molar-refractivity contribution in [3.63, 3.8) is 0 Å². The molecule has 0 aliphatic carbocycles. The number of para-hydroxylation sites is 1. The van der Waals surface area contributed by atoms with Crippen LogP contribution in [0.3, 0.4) is 0 Å². The molecule has 23 heavy (non-hydrogen) atoms. The van der Waals surface area contributed by atoms with Crippen LogP contribution in [-0.2, 0) is 0 Å². The first-order valence-electron chi connectivity index (χ1n) is 6.71. The second-order valence-corrected chi connectivity index (χ2v) is 5.28. The Morgan fingerprint density at radius 1 is 0.739 bits per heavy atom. The van der Waals surface area contributed by atoms with E-state index in [-0.39, 0.29) is 21.8 Å². The summed E-state index contributed by atoms with van der Waals surface area (Å²) in [5.41, 5.74) is 1.03. The van der Waals surface area contributed by atoms with Gasteiger partial charge in [-0.25, -0.2) is 18.7 Å². The molecular formula is C16H5F4N3. The van der Waals surface area contributed by atoms with E-state index in [9.17, 15) is 17.6 Å². The number of fused-ring (bicyclic) bond motifs is 6. The molecule has 0 fully saturated rings. The normalized spacial score (nSPS) is 12.3. The van der Waals surface area contributed by atoms with Crippen LogP contribution in [0.2, 0.25) is 0 Å². The average molecular weight is 315 g/mol. The van der Waals surface area contributed by atoms with Crippen molar-refractivity contribution in [2.75, 3.05) is 0 Å². The molecule has 112 valence electrons. The van der Waals surface area contributed by atoms with Gasteiger partial charge in [0, 0.05) is 10.8 Å². The molecule has 0 aliphatic rings. The molecule has 0 radical (unpaired) electrons. The second-order valence-electron chi connectivity index (χ2n) is 5.28. The molecule has 0 aliphatic heterocycles. The lowest BCUT2D eigenvalue weighted by Crippen LogP contribution is -1.93. The fourth-order valence-electron chi connectivity index (χ4n) is 3.32. The molecule has 5 aromatic rings. The third-order valence-electron chi connectivity index (χ3n) is 4.19. The summed E-state index contributed by atoms with van der Waals surface area (Å²) in [5.74, 6) is -4.54. The van der Waals surface area contributed by atoms with Gasteiger partial charge in [-0.3, -0.25) is 0 Å². The highest BCUT2D eigenvalue weighted by Crippen LogP contribution is 2.40. The first-order chi connectivity index (χ1) is 11.1. The lowest BCUT2D eigenvalue weighted by molar-refractivity contribution is 0.487. The zero-order chi connectivity index (χ0) is 15.9. The third kappa shape index (κ3) is 1.31. The fraction of sp³-hybridized carbons (Fsp3) is 0. The maximum Gasteiger partial charge on any atom is 0.249 e. The third-order valence-corrected chi connectivity index (χ3v) is 4.19. The van der Waals surface area contributed by atoms with E-state index in [1.54, 1.807) is 18.2 Å². The van der Waals surface area contributed by atoms with Crippen molar-refractivity contribution in [3.05, 3.63) is 54.1 Å². The van der Waals surface area contributed by atoms with Gasteiger partial charge in [0.1, 0.15) is 0 Å². The Bertz CT molecular complexity index is 1170. The zero-order valence-corrected chi connectivity index (χ0v) is 11.2. The molecule has 7 heteroatoms. The minimum atomic E-state index is -1.20. The number of pyridine rings is 2. The summed E-state index contributed by atoms with van der Waals surface area (Å²) < 4.78 is 57.0. The SMILES string of the molecule is Fc1ncc2c(c1F)c1cccc3c4c(F)c(F)ncc4n2c13. The summed E-state index contributed by atoms with van der Waals surface area (Å²) in [7, 11) is 0. The molecule has 0 saturated heterocycles. The van der Waals surface area contributed by atoms with Crippen molar-refractivity contribution in [1.29, 1.82) is 0 Å². The van der Waals surface area contributed by atoms with Gasteiger partial charge in [0.05, 0.1) is 39.7 Å². The van der Waals surface area contributed by atoms with Crippen molar-refractivity contribution in [2.45, 2.75) is 0 Å². The average Bonchev–Trinajstić information content (AvgIpc) is 3.06. The molecule has 0 bridgehead atoms. The summed E-state index contributed by atoms with van der Waals surface area (Å²) in [6, 6.07) is 4.80. The van der Waals surface area contributed by atoms with Gasteiger partial charge >= 0.3 is 0 Å². The highest BCUT2D eigenvalue weighted by molar-refractivity contribution is 6.23. The summed E-state index contributed by atoms with van der Waals surface area (Å²) in [6.45, 7) is 0. The Labute approximate surface area is 125 Å². The van der Waals surface area contributed by atoms with Gasteiger partial charge in [0.15, 0.2) is 11.6 Å². The van der Waals surface area contributed by atoms with Gasteiger partial charge in [-0.05, 0) is 0 Å². The van der Waals surface area contributed by atoms with Crippen LogP contribution >= 0.6 is 0 Å². The first-order valence-corrected chi connectivity index (χ1v) is 6.71. The van der Waals surface area contributed by atoms with E-state index < -0.39 is 23.5 Å². The standard InChI is InChI=1S/C16H5F4N3/c17-12-10-6-2-1-3-7-11-9(5-22-16(20)13(11)18)23(14(6)7)8(10)4-21-15(12)19/h1-5H. The van der Waals surface area contributed by atoms with Crippen LogP contribution in [0.25, 0.3) is 38.1 Å². The van der Waals surface area contributed by atoms with Crippen LogP contribution in [0.4, 0.5) is 17.6 Å². The van der Waals surface area contributed by atoms with Crippen molar-refractivity contribution >= 4 is 38.1 Å². The van der Waals surface area contributed by atoms with Gasteiger partial charge < -0.3 is 4.40 Å².